The van der Waals surface area contributed by atoms with Gasteiger partial charge >= 0.3 is 5.97 Å². The molecule has 41 heavy (non-hydrogen) atoms. The third-order valence-electron chi connectivity index (χ3n) is 8.28. The second-order valence-corrected chi connectivity index (χ2v) is 10.6. The number of anilines is 1. The number of esters is 1. The molecule has 3 aromatic carbocycles. The quantitative estimate of drug-likeness (QED) is 0.350. The molecule has 2 aliphatic rings. The Morgan fingerprint density at radius 1 is 0.878 bits per heavy atom. The van der Waals surface area contributed by atoms with Crippen molar-refractivity contribution >= 4 is 23.5 Å². The van der Waals surface area contributed by atoms with Crippen molar-refractivity contribution in [3.05, 3.63) is 113 Å². The number of furan rings is 1. The Bertz CT molecular complexity index is 1620. The number of nitrogens with two attached hydrogens (primary N) is 1. The van der Waals surface area contributed by atoms with Crippen molar-refractivity contribution in [1.82, 2.24) is 4.90 Å². The van der Waals surface area contributed by atoms with Crippen molar-refractivity contribution in [1.29, 1.82) is 0 Å². The largest absolute Gasteiger partial charge is 0.465 e. The number of nitrogens with zero attached hydrogens (tertiary/aromatic N) is 2. The molecule has 1 spiro atoms. The summed E-state index contributed by atoms with van der Waals surface area (Å²) in [4.78, 5) is 42.9. The van der Waals surface area contributed by atoms with Gasteiger partial charge in [0.2, 0.25) is 0 Å². The number of carbonyl (C=O) groups is 3. The number of hydrogen-bond donors (Lipinski definition) is 1. The molecule has 6 rings (SSSR count). The minimum Gasteiger partial charge on any atom is -0.465 e. The van der Waals surface area contributed by atoms with Crippen molar-refractivity contribution in [3.8, 4) is 11.3 Å². The van der Waals surface area contributed by atoms with E-state index in [-0.39, 0.29) is 17.2 Å². The van der Waals surface area contributed by atoms with Crippen molar-refractivity contribution in [3.63, 3.8) is 0 Å². The van der Waals surface area contributed by atoms with Crippen LogP contribution in [0.1, 0.15) is 55.2 Å². The van der Waals surface area contributed by atoms with Crippen LogP contribution in [0, 0.1) is 0 Å². The highest BCUT2D eigenvalue weighted by atomic mass is 16.5. The topological polar surface area (TPSA) is 106 Å². The van der Waals surface area contributed by atoms with E-state index in [1.807, 2.05) is 53.4 Å². The fraction of sp³-hybridized carbons (Fsp3) is 0.242. The standard InChI is InChI=1S/C33H31N3O5/c1-40-32(39)25-9-5-8-24(19-25)30(37)36-21-33(26-18-22(20-34)10-11-27(26)36)14-16-35(17-15-33)31(38)29-13-12-28(41-29)23-6-3-2-4-7-23/h2-13,18-19H,14-17,20-21,34H2,1H3. The molecule has 8 nitrogen and oxygen atoms in total. The van der Waals surface area contributed by atoms with Gasteiger partial charge in [0.15, 0.2) is 5.76 Å². The minimum atomic E-state index is -0.491. The smallest absolute Gasteiger partial charge is 0.337 e. The number of carbonyl (C=O) groups excluding carboxylic acids is 3. The molecule has 0 bridgehead atoms. The lowest BCUT2D eigenvalue weighted by atomic mass is 9.74. The van der Waals surface area contributed by atoms with Crippen LogP contribution < -0.4 is 10.6 Å². The molecule has 1 fully saturated rings. The first-order chi connectivity index (χ1) is 19.9. The third-order valence-corrected chi connectivity index (χ3v) is 8.28. The average Bonchev–Trinajstić information content (AvgIpc) is 3.64. The van der Waals surface area contributed by atoms with Crippen LogP contribution in [0.3, 0.4) is 0 Å². The van der Waals surface area contributed by atoms with Gasteiger partial charge in [-0.3, -0.25) is 9.59 Å². The van der Waals surface area contributed by atoms with E-state index in [1.54, 1.807) is 35.2 Å². The Morgan fingerprint density at radius 3 is 2.37 bits per heavy atom. The molecule has 3 heterocycles. The molecule has 1 saturated heterocycles. The van der Waals surface area contributed by atoms with Gasteiger partial charge in [0.25, 0.3) is 11.8 Å². The Morgan fingerprint density at radius 2 is 1.63 bits per heavy atom. The molecule has 0 radical (unpaired) electrons. The zero-order valence-electron chi connectivity index (χ0n) is 22.8. The van der Waals surface area contributed by atoms with Gasteiger partial charge in [0.05, 0.1) is 12.7 Å². The van der Waals surface area contributed by atoms with E-state index in [4.69, 9.17) is 14.9 Å². The van der Waals surface area contributed by atoms with Crippen LogP contribution in [0.25, 0.3) is 11.3 Å². The number of likely N-dealkylation sites (tertiary alicyclic amines) is 1. The predicted octanol–water partition coefficient (Wildman–Crippen LogP) is 5.03. The number of methoxy groups -OCH3 is 1. The average molecular weight is 550 g/mol. The molecular formula is C33H31N3O5. The molecule has 0 unspecified atom stereocenters. The molecule has 0 saturated carbocycles. The highest BCUT2D eigenvalue weighted by Crippen LogP contribution is 2.48. The summed E-state index contributed by atoms with van der Waals surface area (Å²) in [7, 11) is 1.32. The SMILES string of the molecule is COC(=O)c1cccc(C(=O)N2CC3(CCN(C(=O)c4ccc(-c5ccccc5)o4)CC3)c3cc(CN)ccc32)c1. The van der Waals surface area contributed by atoms with Gasteiger partial charge in [-0.05, 0) is 60.4 Å². The molecule has 0 aliphatic carbocycles. The van der Waals surface area contributed by atoms with Gasteiger partial charge in [-0.1, -0.05) is 48.5 Å². The van der Waals surface area contributed by atoms with Gasteiger partial charge in [-0.2, -0.15) is 0 Å². The van der Waals surface area contributed by atoms with E-state index in [2.05, 4.69) is 6.07 Å². The fourth-order valence-corrected chi connectivity index (χ4v) is 6.01. The minimum absolute atomic E-state index is 0.136. The van der Waals surface area contributed by atoms with E-state index < -0.39 is 5.97 Å². The lowest BCUT2D eigenvalue weighted by Gasteiger charge is -2.39. The van der Waals surface area contributed by atoms with Gasteiger partial charge in [0.1, 0.15) is 5.76 Å². The summed E-state index contributed by atoms with van der Waals surface area (Å²) in [5, 5.41) is 0. The molecule has 2 amide bonds. The number of rotatable bonds is 5. The van der Waals surface area contributed by atoms with E-state index in [0.29, 0.717) is 61.7 Å². The molecule has 8 heteroatoms. The first-order valence-electron chi connectivity index (χ1n) is 13.7. The second kappa shape index (κ2) is 10.7. The summed E-state index contributed by atoms with van der Waals surface area (Å²) in [5.41, 5.74) is 10.2. The van der Waals surface area contributed by atoms with Crippen LogP contribution in [0.4, 0.5) is 5.69 Å². The number of piperidine rings is 1. The molecule has 2 N–H and O–H groups in total. The summed E-state index contributed by atoms with van der Waals surface area (Å²) < 4.78 is 10.8. The first kappa shape index (κ1) is 26.5. The van der Waals surface area contributed by atoms with Gasteiger partial charge in [-0.15, -0.1) is 0 Å². The zero-order valence-corrected chi connectivity index (χ0v) is 22.8. The number of amides is 2. The van der Waals surface area contributed by atoms with Crippen LogP contribution in [0.5, 0.6) is 0 Å². The summed E-state index contributed by atoms with van der Waals surface area (Å²) in [6.07, 6.45) is 1.38. The lowest BCUT2D eigenvalue weighted by molar-refractivity contribution is 0.0599. The van der Waals surface area contributed by atoms with Gasteiger partial charge < -0.3 is 24.7 Å². The number of benzene rings is 3. The van der Waals surface area contributed by atoms with Gasteiger partial charge in [0, 0.05) is 48.4 Å². The molecule has 1 aromatic heterocycles. The molecule has 2 aliphatic heterocycles. The fourth-order valence-electron chi connectivity index (χ4n) is 6.01. The van der Waals surface area contributed by atoms with Crippen molar-refractivity contribution in [2.45, 2.75) is 24.8 Å². The normalized spacial score (nSPS) is 15.6. The second-order valence-electron chi connectivity index (χ2n) is 10.6. The monoisotopic (exact) mass is 549 g/mol. The summed E-state index contributed by atoms with van der Waals surface area (Å²) in [6, 6.07) is 25.9. The highest BCUT2D eigenvalue weighted by molar-refractivity contribution is 6.09. The van der Waals surface area contributed by atoms with Crippen LogP contribution in [0.2, 0.25) is 0 Å². The Kier molecular flexibility index (Phi) is 6.93. The van der Waals surface area contributed by atoms with Crippen molar-refractivity contribution in [2.24, 2.45) is 5.73 Å². The Balaban J connectivity index is 1.24. The maximum absolute atomic E-state index is 13.8. The van der Waals surface area contributed by atoms with E-state index in [1.165, 1.54) is 7.11 Å². The maximum Gasteiger partial charge on any atom is 0.337 e. The van der Waals surface area contributed by atoms with Crippen LogP contribution in [0.15, 0.2) is 89.3 Å². The molecule has 4 aromatic rings. The lowest BCUT2D eigenvalue weighted by Crippen LogP contribution is -2.47. The van der Waals surface area contributed by atoms with Crippen LogP contribution in [-0.4, -0.2) is 49.4 Å². The number of fused-ring (bicyclic) bond motifs is 2. The third kappa shape index (κ3) is 4.80. The van der Waals surface area contributed by atoms with Crippen molar-refractivity contribution in [2.75, 3.05) is 31.6 Å². The van der Waals surface area contributed by atoms with E-state index in [9.17, 15) is 14.4 Å². The summed E-state index contributed by atoms with van der Waals surface area (Å²) in [6.45, 7) is 1.95. The van der Waals surface area contributed by atoms with Crippen LogP contribution >= 0.6 is 0 Å². The number of hydrogen-bond acceptors (Lipinski definition) is 6. The zero-order chi connectivity index (χ0) is 28.6. The summed E-state index contributed by atoms with van der Waals surface area (Å²) >= 11 is 0. The number of ether oxygens (including phenoxy) is 1. The highest BCUT2D eigenvalue weighted by Gasteiger charge is 2.47. The van der Waals surface area contributed by atoms with Gasteiger partial charge in [-0.25, -0.2) is 4.79 Å². The first-order valence-corrected chi connectivity index (χ1v) is 13.7. The molecule has 0 atom stereocenters. The van der Waals surface area contributed by atoms with Crippen LogP contribution in [-0.2, 0) is 16.7 Å². The Hall–Kier alpha value is -4.69. The van der Waals surface area contributed by atoms with E-state index in [0.717, 1.165) is 22.4 Å². The van der Waals surface area contributed by atoms with Crippen molar-refractivity contribution < 1.29 is 23.5 Å². The summed E-state index contributed by atoms with van der Waals surface area (Å²) in [5.74, 6) is 0.168. The van der Waals surface area contributed by atoms with E-state index >= 15 is 0 Å². The maximum atomic E-state index is 13.8. The Labute approximate surface area is 238 Å². The predicted molar refractivity (Wildman–Crippen MR) is 155 cm³/mol. The molecular weight excluding hydrogens is 518 g/mol. The molecule has 208 valence electrons.